The molecule has 2 aromatic rings. The molecule has 0 saturated heterocycles. The van der Waals surface area contributed by atoms with Crippen LogP contribution in [0.15, 0.2) is 42.5 Å². The maximum atomic E-state index is 12.2. The van der Waals surface area contributed by atoms with Crippen LogP contribution < -0.4 is 15.8 Å². The van der Waals surface area contributed by atoms with E-state index in [1.165, 1.54) is 0 Å². The fourth-order valence-corrected chi connectivity index (χ4v) is 2.30. The number of hydrogen-bond acceptors (Lipinski definition) is 4. The lowest BCUT2D eigenvalue weighted by atomic mass is 10.0. The first-order valence-corrected chi connectivity index (χ1v) is 8.26. The molecule has 0 bridgehead atoms. The predicted molar refractivity (Wildman–Crippen MR) is 99.2 cm³/mol. The molecule has 0 aromatic heterocycles. The standard InChI is InChI=1S/C20H22N2O4/c1-13-3-4-15(11-14(13)2)18(23)9-10-20(25)22-16-5-7-17(8-6-16)26-12-19(21)24/h3-8,11H,9-10,12H2,1-2H3,(H2,21,24)(H,22,25). The Morgan fingerprint density at radius 2 is 1.65 bits per heavy atom. The number of aryl methyl sites for hydroxylation is 2. The molecule has 0 aliphatic carbocycles. The number of rotatable bonds is 8. The summed E-state index contributed by atoms with van der Waals surface area (Å²) in [5, 5.41) is 2.72. The molecule has 6 heteroatoms. The lowest BCUT2D eigenvalue weighted by Crippen LogP contribution is -2.20. The third kappa shape index (κ3) is 5.73. The first-order valence-electron chi connectivity index (χ1n) is 8.26. The number of anilines is 1. The second-order valence-corrected chi connectivity index (χ2v) is 6.05. The number of benzene rings is 2. The molecule has 2 amide bonds. The molecule has 6 nitrogen and oxygen atoms in total. The van der Waals surface area contributed by atoms with Gasteiger partial charge >= 0.3 is 0 Å². The fourth-order valence-electron chi connectivity index (χ4n) is 2.30. The van der Waals surface area contributed by atoms with Gasteiger partial charge in [-0.3, -0.25) is 14.4 Å². The van der Waals surface area contributed by atoms with Crippen molar-refractivity contribution in [3.8, 4) is 5.75 Å². The molecule has 0 aliphatic rings. The number of amides is 2. The summed E-state index contributed by atoms with van der Waals surface area (Å²) in [6.45, 7) is 3.74. The SMILES string of the molecule is Cc1ccc(C(=O)CCC(=O)Nc2ccc(OCC(N)=O)cc2)cc1C. The zero-order chi connectivity index (χ0) is 19.1. The Kier molecular flexibility index (Phi) is 6.49. The number of primary amides is 1. The van der Waals surface area contributed by atoms with E-state index in [-0.39, 0.29) is 31.1 Å². The lowest BCUT2D eigenvalue weighted by molar-refractivity contribution is -0.120. The topological polar surface area (TPSA) is 98.5 Å². The Labute approximate surface area is 152 Å². The van der Waals surface area contributed by atoms with E-state index < -0.39 is 5.91 Å². The number of nitrogens with two attached hydrogens (primary N) is 1. The molecular weight excluding hydrogens is 332 g/mol. The van der Waals surface area contributed by atoms with Crippen LogP contribution in [0.2, 0.25) is 0 Å². The van der Waals surface area contributed by atoms with Crippen molar-refractivity contribution in [3.05, 3.63) is 59.2 Å². The van der Waals surface area contributed by atoms with Crippen molar-refractivity contribution in [2.75, 3.05) is 11.9 Å². The van der Waals surface area contributed by atoms with E-state index in [0.29, 0.717) is 17.0 Å². The summed E-state index contributed by atoms with van der Waals surface area (Å²) in [5.41, 5.74) is 8.39. The van der Waals surface area contributed by atoms with Crippen molar-refractivity contribution in [2.45, 2.75) is 26.7 Å². The second kappa shape index (κ2) is 8.80. The molecule has 0 fully saturated rings. The van der Waals surface area contributed by atoms with Gasteiger partial charge in [-0.15, -0.1) is 0 Å². The van der Waals surface area contributed by atoms with E-state index >= 15 is 0 Å². The summed E-state index contributed by atoms with van der Waals surface area (Å²) in [7, 11) is 0. The number of carbonyl (C=O) groups is 3. The van der Waals surface area contributed by atoms with Crippen LogP contribution in [-0.4, -0.2) is 24.2 Å². The largest absolute Gasteiger partial charge is 0.484 e. The highest BCUT2D eigenvalue weighted by Gasteiger charge is 2.10. The van der Waals surface area contributed by atoms with E-state index in [1.54, 1.807) is 30.3 Å². The second-order valence-electron chi connectivity index (χ2n) is 6.05. The lowest BCUT2D eigenvalue weighted by Gasteiger charge is -2.08. The number of ketones is 1. The van der Waals surface area contributed by atoms with Crippen LogP contribution in [0.3, 0.4) is 0 Å². The van der Waals surface area contributed by atoms with Gasteiger partial charge in [0.15, 0.2) is 12.4 Å². The van der Waals surface area contributed by atoms with Gasteiger partial charge in [-0.05, 0) is 55.3 Å². The number of hydrogen-bond donors (Lipinski definition) is 2. The van der Waals surface area contributed by atoms with Gasteiger partial charge in [-0.1, -0.05) is 12.1 Å². The Bertz CT molecular complexity index is 813. The highest BCUT2D eigenvalue weighted by molar-refractivity contribution is 6.00. The molecule has 0 radical (unpaired) electrons. The molecule has 0 aliphatic heterocycles. The number of carbonyl (C=O) groups excluding carboxylic acids is 3. The highest BCUT2D eigenvalue weighted by atomic mass is 16.5. The maximum Gasteiger partial charge on any atom is 0.255 e. The predicted octanol–water partition coefficient (Wildman–Crippen LogP) is 2.77. The van der Waals surface area contributed by atoms with Crippen LogP contribution in [0.4, 0.5) is 5.69 Å². The average molecular weight is 354 g/mol. The molecule has 26 heavy (non-hydrogen) atoms. The van der Waals surface area contributed by atoms with E-state index in [0.717, 1.165) is 11.1 Å². The van der Waals surface area contributed by atoms with Gasteiger partial charge in [-0.25, -0.2) is 0 Å². The van der Waals surface area contributed by atoms with E-state index in [4.69, 9.17) is 10.5 Å². The Morgan fingerprint density at radius 3 is 2.27 bits per heavy atom. The summed E-state index contributed by atoms with van der Waals surface area (Å²) in [6.07, 6.45) is 0.250. The van der Waals surface area contributed by atoms with Crippen LogP contribution in [0.1, 0.15) is 34.3 Å². The monoisotopic (exact) mass is 354 g/mol. The Morgan fingerprint density at radius 1 is 0.962 bits per heavy atom. The van der Waals surface area contributed by atoms with Crippen molar-refractivity contribution in [3.63, 3.8) is 0 Å². The summed E-state index contributed by atoms with van der Waals surface area (Å²) >= 11 is 0. The number of ether oxygens (including phenoxy) is 1. The van der Waals surface area contributed by atoms with Crippen LogP contribution in [-0.2, 0) is 9.59 Å². The minimum Gasteiger partial charge on any atom is -0.484 e. The minimum absolute atomic E-state index is 0.0570. The summed E-state index contributed by atoms with van der Waals surface area (Å²) in [5.74, 6) is -0.381. The van der Waals surface area contributed by atoms with Crippen molar-refractivity contribution in [2.24, 2.45) is 5.73 Å². The van der Waals surface area contributed by atoms with Crippen LogP contribution in [0, 0.1) is 13.8 Å². The van der Waals surface area contributed by atoms with Crippen molar-refractivity contribution >= 4 is 23.3 Å². The maximum absolute atomic E-state index is 12.2. The normalized spacial score (nSPS) is 10.2. The van der Waals surface area contributed by atoms with Crippen molar-refractivity contribution < 1.29 is 19.1 Å². The van der Waals surface area contributed by atoms with Gasteiger partial charge in [0, 0.05) is 24.1 Å². The average Bonchev–Trinajstić information content (AvgIpc) is 2.61. The van der Waals surface area contributed by atoms with Gasteiger partial charge in [0.1, 0.15) is 5.75 Å². The van der Waals surface area contributed by atoms with Crippen LogP contribution in [0.25, 0.3) is 0 Å². The molecule has 0 saturated carbocycles. The zero-order valence-corrected chi connectivity index (χ0v) is 14.9. The molecule has 0 atom stereocenters. The molecule has 136 valence electrons. The van der Waals surface area contributed by atoms with Gasteiger partial charge in [0.2, 0.25) is 5.91 Å². The van der Waals surface area contributed by atoms with E-state index in [9.17, 15) is 14.4 Å². The third-order valence-corrected chi connectivity index (χ3v) is 3.93. The highest BCUT2D eigenvalue weighted by Crippen LogP contribution is 2.16. The Hall–Kier alpha value is -3.15. The first kappa shape index (κ1) is 19.2. The van der Waals surface area contributed by atoms with E-state index in [1.807, 2.05) is 26.0 Å². The smallest absolute Gasteiger partial charge is 0.255 e. The van der Waals surface area contributed by atoms with Gasteiger partial charge in [0.25, 0.3) is 5.91 Å². The van der Waals surface area contributed by atoms with Crippen molar-refractivity contribution in [1.82, 2.24) is 0 Å². The van der Waals surface area contributed by atoms with Gasteiger partial charge in [0.05, 0.1) is 0 Å². The summed E-state index contributed by atoms with van der Waals surface area (Å²) in [6, 6.07) is 12.1. The van der Waals surface area contributed by atoms with Gasteiger partial charge < -0.3 is 15.8 Å². The summed E-state index contributed by atoms with van der Waals surface area (Å²) < 4.78 is 5.14. The molecule has 0 unspecified atom stereocenters. The quantitative estimate of drug-likeness (QED) is 0.712. The third-order valence-electron chi connectivity index (χ3n) is 3.93. The molecule has 0 spiro atoms. The molecule has 2 rings (SSSR count). The number of nitrogens with one attached hydrogen (secondary N) is 1. The molecule has 2 aromatic carbocycles. The molecule has 3 N–H and O–H groups in total. The van der Waals surface area contributed by atoms with Crippen LogP contribution in [0.5, 0.6) is 5.75 Å². The van der Waals surface area contributed by atoms with E-state index in [2.05, 4.69) is 5.32 Å². The minimum atomic E-state index is -0.559. The van der Waals surface area contributed by atoms with Crippen molar-refractivity contribution in [1.29, 1.82) is 0 Å². The number of Topliss-reactive ketones (excluding diaryl/α,β-unsaturated/α-hetero) is 1. The molecular formula is C20H22N2O4. The fraction of sp³-hybridized carbons (Fsp3) is 0.250. The zero-order valence-electron chi connectivity index (χ0n) is 14.9. The Balaban J connectivity index is 1.83. The first-order chi connectivity index (χ1) is 12.3. The van der Waals surface area contributed by atoms with Gasteiger partial charge in [-0.2, -0.15) is 0 Å². The molecule has 0 heterocycles. The van der Waals surface area contributed by atoms with Crippen LogP contribution >= 0.6 is 0 Å². The summed E-state index contributed by atoms with van der Waals surface area (Å²) in [4.78, 5) is 34.9.